The third-order valence-electron chi connectivity index (χ3n) is 6.24. The van der Waals surface area contributed by atoms with Crippen LogP contribution in [0.15, 0.2) is 121 Å². The quantitative estimate of drug-likeness (QED) is 0.276. The van der Waals surface area contributed by atoms with Crippen LogP contribution in [0.5, 0.6) is 0 Å². The predicted molar refractivity (Wildman–Crippen MR) is 136 cm³/mol. The normalized spacial score (nSPS) is 11.3. The lowest BCUT2D eigenvalue weighted by Gasteiger charge is -2.11. The lowest BCUT2D eigenvalue weighted by molar-refractivity contribution is 1.18. The Hall–Kier alpha value is -4.10. The monoisotopic (exact) mass is 409 g/mol. The predicted octanol–water partition coefficient (Wildman–Crippen LogP) is 8.43. The molecule has 0 bridgehead atoms. The Morgan fingerprint density at radius 3 is 1.81 bits per heavy atom. The zero-order chi connectivity index (χ0) is 21.5. The average Bonchev–Trinajstić information content (AvgIpc) is 3.18. The largest absolute Gasteiger partial charge is 0.309 e. The van der Waals surface area contributed by atoms with Crippen LogP contribution in [0.25, 0.3) is 49.7 Å². The molecule has 0 saturated heterocycles. The molecule has 0 aliphatic carbocycles. The van der Waals surface area contributed by atoms with Gasteiger partial charge in [-0.3, -0.25) is 0 Å². The van der Waals surface area contributed by atoms with Crippen LogP contribution in [0, 0.1) is 6.92 Å². The number of hydrogen-bond donors (Lipinski definition) is 0. The van der Waals surface area contributed by atoms with E-state index in [0.29, 0.717) is 0 Å². The molecule has 0 fully saturated rings. The van der Waals surface area contributed by atoms with Gasteiger partial charge in [-0.25, -0.2) is 0 Å². The number of aryl methyl sites for hydroxylation is 1. The second-order valence-electron chi connectivity index (χ2n) is 8.37. The maximum Gasteiger partial charge on any atom is 0.0543 e. The summed E-state index contributed by atoms with van der Waals surface area (Å²) in [6.45, 7) is 2.16. The lowest BCUT2D eigenvalue weighted by atomic mass is 10.0. The van der Waals surface area contributed by atoms with E-state index in [-0.39, 0.29) is 0 Å². The highest BCUT2D eigenvalue weighted by molar-refractivity contribution is 6.10. The summed E-state index contributed by atoms with van der Waals surface area (Å²) in [6.07, 6.45) is 0. The van der Waals surface area contributed by atoms with Crippen molar-refractivity contribution in [1.29, 1.82) is 0 Å². The number of rotatable bonds is 3. The van der Waals surface area contributed by atoms with E-state index in [4.69, 9.17) is 0 Å². The SMILES string of the molecule is Cc1ccc2c3cc(-c4ccccc4)ccc3n(-c3cccc(-c4ccccc4)c3)c2c1. The van der Waals surface area contributed by atoms with Crippen LogP contribution in [-0.4, -0.2) is 4.57 Å². The van der Waals surface area contributed by atoms with E-state index in [1.807, 2.05) is 0 Å². The van der Waals surface area contributed by atoms with Crippen LogP contribution in [0.4, 0.5) is 0 Å². The fourth-order valence-corrected chi connectivity index (χ4v) is 4.67. The Morgan fingerprint density at radius 1 is 0.438 bits per heavy atom. The number of fused-ring (bicyclic) bond motifs is 3. The first-order valence-corrected chi connectivity index (χ1v) is 11.0. The summed E-state index contributed by atoms with van der Waals surface area (Å²) in [6, 6.07) is 43.6. The van der Waals surface area contributed by atoms with Crippen molar-refractivity contribution in [3.63, 3.8) is 0 Å². The smallest absolute Gasteiger partial charge is 0.0543 e. The molecule has 1 nitrogen and oxygen atoms in total. The summed E-state index contributed by atoms with van der Waals surface area (Å²) in [7, 11) is 0. The van der Waals surface area contributed by atoms with Gasteiger partial charge in [0.25, 0.3) is 0 Å². The zero-order valence-electron chi connectivity index (χ0n) is 18.0. The Kier molecular flexibility index (Phi) is 4.40. The molecule has 0 saturated carbocycles. The van der Waals surface area contributed by atoms with Crippen molar-refractivity contribution in [3.8, 4) is 27.9 Å². The molecule has 0 amide bonds. The minimum Gasteiger partial charge on any atom is -0.309 e. The van der Waals surface area contributed by atoms with E-state index in [9.17, 15) is 0 Å². The maximum atomic E-state index is 2.40. The molecule has 0 N–H and O–H groups in total. The first-order valence-electron chi connectivity index (χ1n) is 11.0. The zero-order valence-corrected chi connectivity index (χ0v) is 18.0. The summed E-state index contributed by atoms with van der Waals surface area (Å²) < 4.78 is 2.40. The number of hydrogen-bond acceptors (Lipinski definition) is 0. The van der Waals surface area contributed by atoms with E-state index in [1.54, 1.807) is 0 Å². The molecule has 5 aromatic carbocycles. The molecule has 6 rings (SSSR count). The molecule has 152 valence electrons. The Balaban J connectivity index is 1.62. The molecular weight excluding hydrogens is 386 g/mol. The Bertz CT molecular complexity index is 1560. The van der Waals surface area contributed by atoms with Gasteiger partial charge in [0.15, 0.2) is 0 Å². The molecule has 0 spiro atoms. The van der Waals surface area contributed by atoms with Crippen molar-refractivity contribution in [1.82, 2.24) is 4.57 Å². The Labute approximate surface area is 188 Å². The maximum absolute atomic E-state index is 2.40. The summed E-state index contributed by atoms with van der Waals surface area (Å²) in [5.74, 6) is 0. The highest BCUT2D eigenvalue weighted by atomic mass is 15.0. The van der Waals surface area contributed by atoms with Crippen LogP contribution in [0.1, 0.15) is 5.56 Å². The average molecular weight is 410 g/mol. The topological polar surface area (TPSA) is 4.93 Å². The molecule has 0 aliphatic rings. The molecule has 1 heterocycles. The van der Waals surface area contributed by atoms with Gasteiger partial charge in [0.05, 0.1) is 11.0 Å². The lowest BCUT2D eigenvalue weighted by Crippen LogP contribution is -1.94. The van der Waals surface area contributed by atoms with Gasteiger partial charge in [-0.1, -0.05) is 91.0 Å². The fourth-order valence-electron chi connectivity index (χ4n) is 4.67. The fraction of sp³-hybridized carbons (Fsp3) is 0.0323. The van der Waals surface area contributed by atoms with Gasteiger partial charge in [-0.05, 0) is 65.1 Å². The van der Waals surface area contributed by atoms with Crippen LogP contribution in [0.2, 0.25) is 0 Å². The van der Waals surface area contributed by atoms with Gasteiger partial charge < -0.3 is 4.57 Å². The summed E-state index contributed by atoms with van der Waals surface area (Å²) in [4.78, 5) is 0. The van der Waals surface area contributed by atoms with Gasteiger partial charge in [-0.15, -0.1) is 0 Å². The van der Waals surface area contributed by atoms with Gasteiger partial charge in [0.2, 0.25) is 0 Å². The molecular formula is C31H23N. The standard InChI is InChI=1S/C31H23N/c1-22-15-17-28-29-21-26(24-11-6-3-7-12-24)16-18-30(29)32(31(28)19-22)27-14-8-13-25(20-27)23-9-4-2-5-10-23/h2-21H,1H3. The molecule has 1 heteroatoms. The highest BCUT2D eigenvalue weighted by Gasteiger charge is 2.14. The van der Waals surface area contributed by atoms with Gasteiger partial charge in [-0.2, -0.15) is 0 Å². The van der Waals surface area contributed by atoms with E-state index < -0.39 is 0 Å². The van der Waals surface area contributed by atoms with Crippen LogP contribution < -0.4 is 0 Å². The van der Waals surface area contributed by atoms with Crippen molar-refractivity contribution in [2.45, 2.75) is 6.92 Å². The summed E-state index contributed by atoms with van der Waals surface area (Å²) in [5.41, 5.74) is 9.88. The van der Waals surface area contributed by atoms with Crippen LogP contribution >= 0.6 is 0 Å². The van der Waals surface area contributed by atoms with Crippen molar-refractivity contribution in [3.05, 3.63) is 127 Å². The second kappa shape index (κ2) is 7.55. The third-order valence-corrected chi connectivity index (χ3v) is 6.24. The first kappa shape index (κ1) is 18.7. The van der Waals surface area contributed by atoms with E-state index in [2.05, 4.69) is 133 Å². The van der Waals surface area contributed by atoms with Gasteiger partial charge >= 0.3 is 0 Å². The van der Waals surface area contributed by atoms with E-state index >= 15 is 0 Å². The van der Waals surface area contributed by atoms with Gasteiger partial charge in [0.1, 0.15) is 0 Å². The van der Waals surface area contributed by atoms with E-state index in [1.165, 1.54) is 55.3 Å². The van der Waals surface area contributed by atoms with E-state index in [0.717, 1.165) is 0 Å². The van der Waals surface area contributed by atoms with Crippen molar-refractivity contribution in [2.24, 2.45) is 0 Å². The molecule has 0 unspecified atom stereocenters. The molecule has 32 heavy (non-hydrogen) atoms. The second-order valence-corrected chi connectivity index (χ2v) is 8.37. The number of benzene rings is 5. The Morgan fingerprint density at radius 2 is 1.09 bits per heavy atom. The molecule has 0 atom stereocenters. The minimum atomic E-state index is 1.18. The number of aromatic nitrogens is 1. The van der Waals surface area contributed by atoms with Crippen molar-refractivity contribution >= 4 is 21.8 Å². The molecule has 0 aliphatic heterocycles. The minimum absolute atomic E-state index is 1.18. The highest BCUT2D eigenvalue weighted by Crippen LogP contribution is 2.36. The van der Waals surface area contributed by atoms with Crippen LogP contribution in [-0.2, 0) is 0 Å². The molecule has 0 radical (unpaired) electrons. The molecule has 1 aromatic heterocycles. The van der Waals surface area contributed by atoms with Gasteiger partial charge in [0, 0.05) is 16.5 Å². The van der Waals surface area contributed by atoms with Crippen molar-refractivity contribution < 1.29 is 0 Å². The summed E-state index contributed by atoms with van der Waals surface area (Å²) >= 11 is 0. The third kappa shape index (κ3) is 3.11. The van der Waals surface area contributed by atoms with Crippen LogP contribution in [0.3, 0.4) is 0 Å². The number of nitrogens with zero attached hydrogens (tertiary/aromatic N) is 1. The summed E-state index contributed by atoms with van der Waals surface area (Å²) in [5, 5.41) is 2.57. The first-order chi connectivity index (χ1) is 15.8. The van der Waals surface area contributed by atoms with Crippen molar-refractivity contribution in [2.75, 3.05) is 0 Å². The molecule has 6 aromatic rings.